The summed E-state index contributed by atoms with van der Waals surface area (Å²) in [6, 6.07) is 6.65. The number of Topliss-reactive ketones (excluding diaryl/α,β-unsaturated/α-hetero) is 1. The zero-order chi connectivity index (χ0) is 18.5. The fraction of sp³-hybridized carbons (Fsp3) is 0.333. The summed E-state index contributed by atoms with van der Waals surface area (Å²) in [5, 5.41) is 22.5. The van der Waals surface area contributed by atoms with Crippen LogP contribution in [0.15, 0.2) is 34.8 Å². The fourth-order valence-corrected chi connectivity index (χ4v) is 3.47. The number of carbonyl (C=O) groups excluding carboxylic acids is 1. The summed E-state index contributed by atoms with van der Waals surface area (Å²) in [4.78, 5) is 36.0. The minimum Gasteiger partial charge on any atom is -0.512 e. The number of para-hydroxylation sites is 1. The number of fused-ring (bicyclic) bond motifs is 1. The molecular weight excluding hydrogens is 324 g/mol. The number of aryl methyl sites for hydroxylation is 1. The van der Waals surface area contributed by atoms with Gasteiger partial charge in [-0.05, 0) is 11.5 Å². The van der Waals surface area contributed by atoms with Crippen LogP contribution in [0.25, 0.3) is 16.5 Å². The smallest absolute Gasteiger partial charge is 0.342 e. The SMILES string of the molecule is Cn1c(=O)c([N+](=O)[O-])c(C2=C(O)CC(C)(C)CC2=O)c2ccccc21. The van der Waals surface area contributed by atoms with Gasteiger partial charge >= 0.3 is 11.2 Å². The molecule has 0 bridgehead atoms. The molecule has 0 spiro atoms. The van der Waals surface area contributed by atoms with E-state index in [0.29, 0.717) is 10.9 Å². The molecule has 1 heterocycles. The zero-order valence-electron chi connectivity index (χ0n) is 14.2. The topological polar surface area (TPSA) is 102 Å². The van der Waals surface area contributed by atoms with E-state index in [0.717, 1.165) is 0 Å². The van der Waals surface area contributed by atoms with Crippen LogP contribution in [0, 0.1) is 15.5 Å². The molecule has 7 heteroatoms. The third kappa shape index (κ3) is 2.61. The Morgan fingerprint density at radius 2 is 1.84 bits per heavy atom. The van der Waals surface area contributed by atoms with Crippen LogP contribution in [0.4, 0.5) is 5.69 Å². The van der Waals surface area contributed by atoms with Crippen LogP contribution in [-0.4, -0.2) is 20.4 Å². The van der Waals surface area contributed by atoms with Crippen molar-refractivity contribution in [2.75, 3.05) is 0 Å². The molecule has 1 aliphatic rings. The number of pyridine rings is 1. The molecule has 3 rings (SSSR count). The summed E-state index contributed by atoms with van der Waals surface area (Å²) in [5.41, 5.74) is -1.66. The number of rotatable bonds is 2. The maximum Gasteiger partial charge on any atom is 0.342 e. The number of aliphatic hydroxyl groups is 1. The van der Waals surface area contributed by atoms with Crippen LogP contribution in [0.3, 0.4) is 0 Å². The van der Waals surface area contributed by atoms with Gasteiger partial charge in [0.1, 0.15) is 5.76 Å². The standard InChI is InChI=1S/C18H18N2O5/c1-18(2)8-12(21)15(13(22)9-18)14-10-6-4-5-7-11(10)19(3)17(23)16(14)20(24)25/h4-7,21H,8-9H2,1-3H3. The minimum absolute atomic E-state index is 0.0818. The van der Waals surface area contributed by atoms with E-state index in [-0.39, 0.29) is 29.7 Å². The first kappa shape index (κ1) is 16.9. The van der Waals surface area contributed by atoms with E-state index in [4.69, 9.17) is 0 Å². The van der Waals surface area contributed by atoms with Gasteiger partial charge in [0.2, 0.25) is 0 Å². The van der Waals surface area contributed by atoms with Crippen LogP contribution in [0.5, 0.6) is 0 Å². The predicted octanol–water partition coefficient (Wildman–Crippen LogP) is 3.10. The highest BCUT2D eigenvalue weighted by Gasteiger charge is 2.38. The molecule has 0 fully saturated rings. The largest absolute Gasteiger partial charge is 0.512 e. The molecule has 0 aliphatic heterocycles. The predicted molar refractivity (Wildman–Crippen MR) is 93.4 cm³/mol. The van der Waals surface area contributed by atoms with Crippen molar-refractivity contribution >= 4 is 27.9 Å². The molecule has 0 amide bonds. The van der Waals surface area contributed by atoms with Crippen molar-refractivity contribution < 1.29 is 14.8 Å². The Morgan fingerprint density at radius 1 is 1.20 bits per heavy atom. The van der Waals surface area contributed by atoms with Crippen molar-refractivity contribution in [2.24, 2.45) is 12.5 Å². The number of aliphatic hydroxyl groups excluding tert-OH is 1. The third-order valence-corrected chi connectivity index (χ3v) is 4.56. The second-order valence-electron chi connectivity index (χ2n) is 7.12. The quantitative estimate of drug-likeness (QED) is 0.667. The van der Waals surface area contributed by atoms with Crippen molar-refractivity contribution in [3.8, 4) is 0 Å². The molecule has 1 aromatic carbocycles. The summed E-state index contributed by atoms with van der Waals surface area (Å²) >= 11 is 0. The summed E-state index contributed by atoms with van der Waals surface area (Å²) in [6.45, 7) is 3.68. The number of allylic oxidation sites excluding steroid dienone is 2. The van der Waals surface area contributed by atoms with Gasteiger partial charge in [-0.2, -0.15) is 0 Å². The van der Waals surface area contributed by atoms with E-state index < -0.39 is 27.4 Å². The maximum atomic E-state index is 12.7. The molecule has 7 nitrogen and oxygen atoms in total. The van der Waals surface area contributed by atoms with Crippen LogP contribution < -0.4 is 5.56 Å². The number of ketones is 1. The summed E-state index contributed by atoms with van der Waals surface area (Å²) in [5.74, 6) is -0.599. The number of nitrogens with zero attached hydrogens (tertiary/aromatic N) is 2. The monoisotopic (exact) mass is 342 g/mol. The van der Waals surface area contributed by atoms with E-state index >= 15 is 0 Å². The second kappa shape index (κ2) is 5.54. The van der Waals surface area contributed by atoms with E-state index in [1.165, 1.54) is 11.6 Å². The Labute approximate surface area is 143 Å². The first-order chi connectivity index (χ1) is 11.6. The molecule has 1 aromatic heterocycles. The van der Waals surface area contributed by atoms with Gasteiger partial charge in [-0.3, -0.25) is 19.7 Å². The van der Waals surface area contributed by atoms with Crippen molar-refractivity contribution in [1.82, 2.24) is 4.57 Å². The van der Waals surface area contributed by atoms with E-state index in [1.807, 2.05) is 13.8 Å². The molecule has 0 unspecified atom stereocenters. The van der Waals surface area contributed by atoms with E-state index in [1.54, 1.807) is 24.3 Å². The Hall–Kier alpha value is -2.96. The normalized spacial score (nSPS) is 17.2. The molecule has 0 saturated carbocycles. The Bertz CT molecular complexity index is 1010. The van der Waals surface area contributed by atoms with Crippen molar-refractivity contribution in [3.63, 3.8) is 0 Å². The Kier molecular flexibility index (Phi) is 3.74. The summed E-state index contributed by atoms with van der Waals surface area (Å²) in [7, 11) is 1.45. The molecule has 25 heavy (non-hydrogen) atoms. The van der Waals surface area contributed by atoms with Crippen molar-refractivity contribution in [3.05, 3.63) is 56.1 Å². The molecule has 0 saturated heterocycles. The van der Waals surface area contributed by atoms with Gasteiger partial charge in [-0.1, -0.05) is 32.0 Å². The summed E-state index contributed by atoms with van der Waals surface area (Å²) < 4.78 is 1.19. The Balaban J connectivity index is 2.50. The van der Waals surface area contributed by atoms with Gasteiger partial charge in [-0.15, -0.1) is 0 Å². The van der Waals surface area contributed by atoms with Gasteiger partial charge in [0.05, 0.1) is 21.6 Å². The highest BCUT2D eigenvalue weighted by atomic mass is 16.6. The van der Waals surface area contributed by atoms with E-state index in [9.17, 15) is 24.8 Å². The highest BCUT2D eigenvalue weighted by molar-refractivity contribution is 6.26. The number of hydrogen-bond donors (Lipinski definition) is 1. The zero-order valence-corrected chi connectivity index (χ0v) is 14.2. The number of nitro groups is 1. The van der Waals surface area contributed by atoms with Gasteiger partial charge in [-0.25, -0.2) is 0 Å². The van der Waals surface area contributed by atoms with Crippen LogP contribution in [0.2, 0.25) is 0 Å². The van der Waals surface area contributed by atoms with Crippen LogP contribution in [-0.2, 0) is 11.8 Å². The van der Waals surface area contributed by atoms with Crippen molar-refractivity contribution in [1.29, 1.82) is 0 Å². The molecule has 130 valence electrons. The molecular formula is C18H18N2O5. The van der Waals surface area contributed by atoms with E-state index in [2.05, 4.69) is 0 Å². The van der Waals surface area contributed by atoms with Gasteiger partial charge in [0.25, 0.3) is 0 Å². The molecule has 0 atom stereocenters. The maximum absolute atomic E-state index is 12.7. The van der Waals surface area contributed by atoms with Gasteiger partial charge in [0, 0.05) is 25.3 Å². The second-order valence-corrected chi connectivity index (χ2v) is 7.12. The van der Waals surface area contributed by atoms with Crippen LogP contribution >= 0.6 is 0 Å². The lowest BCUT2D eigenvalue weighted by atomic mass is 9.74. The molecule has 2 aromatic rings. The number of hydrogen-bond acceptors (Lipinski definition) is 5. The third-order valence-electron chi connectivity index (χ3n) is 4.56. The lowest BCUT2D eigenvalue weighted by Crippen LogP contribution is -2.28. The average molecular weight is 342 g/mol. The lowest BCUT2D eigenvalue weighted by molar-refractivity contribution is -0.386. The number of aromatic nitrogens is 1. The molecule has 1 aliphatic carbocycles. The Morgan fingerprint density at radius 3 is 2.44 bits per heavy atom. The molecule has 0 radical (unpaired) electrons. The van der Waals surface area contributed by atoms with Crippen LogP contribution in [0.1, 0.15) is 32.3 Å². The first-order valence-electron chi connectivity index (χ1n) is 7.86. The minimum atomic E-state index is -0.809. The first-order valence-corrected chi connectivity index (χ1v) is 7.86. The highest BCUT2D eigenvalue weighted by Crippen LogP contribution is 2.42. The molecule has 1 N–H and O–H groups in total. The lowest BCUT2D eigenvalue weighted by Gasteiger charge is -2.29. The van der Waals surface area contributed by atoms with Crippen molar-refractivity contribution in [2.45, 2.75) is 26.7 Å². The fourth-order valence-electron chi connectivity index (χ4n) is 3.47. The average Bonchev–Trinajstić information content (AvgIpc) is 2.49. The van der Waals surface area contributed by atoms with Gasteiger partial charge < -0.3 is 9.67 Å². The summed E-state index contributed by atoms with van der Waals surface area (Å²) in [6.07, 6.45) is 0.363. The number of benzene rings is 1. The number of carbonyl (C=O) groups is 1. The van der Waals surface area contributed by atoms with Gasteiger partial charge in [0.15, 0.2) is 5.78 Å².